The zero-order valence-electron chi connectivity index (χ0n) is 11.3. The Labute approximate surface area is 104 Å². The zero-order chi connectivity index (χ0) is 12.5. The Morgan fingerprint density at radius 3 is 2.18 bits per heavy atom. The van der Waals surface area contributed by atoms with Crippen molar-refractivity contribution in [2.75, 3.05) is 13.1 Å². The minimum Gasteiger partial charge on any atom is -0.299 e. The number of nitrogens with zero attached hydrogens (tertiary/aromatic N) is 4. The highest BCUT2D eigenvalue weighted by molar-refractivity contribution is 4.93. The maximum absolute atomic E-state index is 8.36. The van der Waals surface area contributed by atoms with Crippen molar-refractivity contribution in [1.82, 2.24) is 4.90 Å². The van der Waals surface area contributed by atoms with Crippen molar-refractivity contribution in [1.29, 1.82) is 0 Å². The smallest absolute Gasteiger partial charge is 0.0628 e. The molecule has 96 valence electrons. The molecule has 0 atom stereocenters. The summed E-state index contributed by atoms with van der Waals surface area (Å²) in [6.45, 7) is 9.04. The van der Waals surface area contributed by atoms with Gasteiger partial charge in [-0.15, -0.1) is 0 Å². The Morgan fingerprint density at radius 2 is 1.71 bits per heavy atom. The number of hydrogen-bond donors (Lipinski definition) is 0. The molecule has 4 nitrogen and oxygen atoms in total. The topological polar surface area (TPSA) is 52.0 Å². The van der Waals surface area contributed by atoms with E-state index in [9.17, 15) is 0 Å². The molecule has 0 spiro atoms. The van der Waals surface area contributed by atoms with Crippen LogP contribution in [-0.4, -0.2) is 30.1 Å². The van der Waals surface area contributed by atoms with E-state index in [0.717, 1.165) is 25.0 Å². The monoisotopic (exact) mass is 236 g/mol. The van der Waals surface area contributed by atoms with Crippen molar-refractivity contribution in [3.63, 3.8) is 0 Å². The number of rotatable bonds is 2. The van der Waals surface area contributed by atoms with Crippen LogP contribution < -0.4 is 0 Å². The van der Waals surface area contributed by atoms with Crippen LogP contribution in [0.5, 0.6) is 0 Å². The van der Waals surface area contributed by atoms with E-state index in [1.165, 1.54) is 25.7 Å². The first-order valence-corrected chi connectivity index (χ1v) is 6.79. The highest BCUT2D eigenvalue weighted by Gasteiger charge is 2.36. The Balaban J connectivity index is 1.75. The molecule has 2 rings (SSSR count). The summed E-state index contributed by atoms with van der Waals surface area (Å²) in [6.07, 6.45) is 5.36. The average molecular weight is 236 g/mol. The predicted octanol–water partition coefficient (Wildman–Crippen LogP) is 3.59. The van der Waals surface area contributed by atoms with Gasteiger partial charge >= 0.3 is 0 Å². The highest BCUT2D eigenvalue weighted by atomic mass is 15.3. The van der Waals surface area contributed by atoms with E-state index in [1.807, 2.05) is 0 Å². The van der Waals surface area contributed by atoms with Gasteiger partial charge in [0.1, 0.15) is 0 Å². The lowest BCUT2D eigenvalue weighted by Gasteiger charge is -2.46. The van der Waals surface area contributed by atoms with Gasteiger partial charge in [-0.1, -0.05) is 25.9 Å². The molecule has 0 N–H and O–H groups in total. The molecule has 4 heteroatoms. The predicted molar refractivity (Wildman–Crippen MR) is 69.7 cm³/mol. The molecule has 1 aliphatic heterocycles. The number of likely N-dealkylation sites (tertiary alicyclic amines) is 1. The van der Waals surface area contributed by atoms with Gasteiger partial charge in [-0.2, -0.15) is 0 Å². The van der Waals surface area contributed by atoms with Gasteiger partial charge in [0.05, 0.1) is 6.04 Å². The fourth-order valence-electron chi connectivity index (χ4n) is 3.24. The van der Waals surface area contributed by atoms with Gasteiger partial charge in [0.2, 0.25) is 0 Å². The molecule has 1 aliphatic carbocycles. The van der Waals surface area contributed by atoms with Gasteiger partial charge in [-0.05, 0) is 42.5 Å². The molecule has 0 bridgehead atoms. The van der Waals surface area contributed by atoms with E-state index >= 15 is 0 Å². The summed E-state index contributed by atoms with van der Waals surface area (Å²) in [5.74, 6) is 0.882. The van der Waals surface area contributed by atoms with Crippen molar-refractivity contribution in [2.24, 2.45) is 16.4 Å². The van der Waals surface area contributed by atoms with Gasteiger partial charge < -0.3 is 0 Å². The van der Waals surface area contributed by atoms with E-state index in [2.05, 4.69) is 35.7 Å². The third kappa shape index (κ3) is 2.93. The van der Waals surface area contributed by atoms with Crippen LogP contribution in [0, 0.1) is 11.3 Å². The summed E-state index contributed by atoms with van der Waals surface area (Å²) in [5, 5.41) is 3.77. The first-order valence-electron chi connectivity index (χ1n) is 6.79. The normalized spacial score (nSPS) is 31.7. The second-order valence-corrected chi connectivity index (χ2v) is 6.68. The van der Waals surface area contributed by atoms with Crippen LogP contribution in [0.4, 0.5) is 0 Å². The van der Waals surface area contributed by atoms with Crippen molar-refractivity contribution < 1.29 is 0 Å². The maximum Gasteiger partial charge on any atom is 0.0628 e. The van der Waals surface area contributed by atoms with Gasteiger partial charge in [-0.25, -0.2) is 0 Å². The summed E-state index contributed by atoms with van der Waals surface area (Å²) >= 11 is 0. The molecule has 0 unspecified atom stereocenters. The fourth-order valence-corrected chi connectivity index (χ4v) is 3.24. The SMILES string of the molecule is CC(C)(C)C1CCC(N2CC(N=[N+]=[N-])C2)CC1. The van der Waals surface area contributed by atoms with Gasteiger partial charge in [-0.3, -0.25) is 4.90 Å². The molecule has 2 fully saturated rings. The number of azide groups is 1. The molecule has 0 aromatic rings. The highest BCUT2D eigenvalue weighted by Crippen LogP contribution is 2.39. The lowest BCUT2D eigenvalue weighted by Crippen LogP contribution is -2.55. The van der Waals surface area contributed by atoms with Crippen molar-refractivity contribution in [2.45, 2.75) is 58.5 Å². The summed E-state index contributed by atoms with van der Waals surface area (Å²) in [7, 11) is 0. The molecular formula is C13H24N4. The molecule has 0 aromatic heterocycles. The number of hydrogen-bond acceptors (Lipinski definition) is 2. The van der Waals surface area contributed by atoms with Crippen molar-refractivity contribution in [3.05, 3.63) is 10.4 Å². The minimum absolute atomic E-state index is 0.236. The summed E-state index contributed by atoms with van der Waals surface area (Å²) in [4.78, 5) is 5.38. The maximum atomic E-state index is 8.36. The molecule has 2 aliphatic rings. The minimum atomic E-state index is 0.236. The van der Waals surface area contributed by atoms with Crippen molar-refractivity contribution in [3.8, 4) is 0 Å². The van der Waals surface area contributed by atoms with E-state index in [0.29, 0.717) is 5.41 Å². The lowest BCUT2D eigenvalue weighted by molar-refractivity contribution is 0.0439. The standard InChI is InChI=1S/C13H24N4/c1-13(2,3)10-4-6-12(7-5-10)17-8-11(9-17)15-16-14/h10-12H,4-9H2,1-3H3. The Hall–Kier alpha value is -0.730. The molecule has 1 saturated heterocycles. The molecular weight excluding hydrogens is 212 g/mol. The van der Waals surface area contributed by atoms with Gasteiger partial charge in [0.15, 0.2) is 0 Å². The van der Waals surface area contributed by atoms with E-state index < -0.39 is 0 Å². The average Bonchev–Trinajstić information content (AvgIpc) is 2.22. The molecule has 0 aromatic carbocycles. The molecule has 1 heterocycles. The quantitative estimate of drug-likeness (QED) is 0.410. The third-order valence-corrected chi connectivity index (χ3v) is 4.54. The van der Waals surface area contributed by atoms with Gasteiger partial charge in [0.25, 0.3) is 0 Å². The summed E-state index contributed by atoms with van der Waals surface area (Å²) in [5.41, 5.74) is 8.83. The van der Waals surface area contributed by atoms with Crippen LogP contribution in [0.15, 0.2) is 5.11 Å². The second kappa shape index (κ2) is 4.87. The van der Waals surface area contributed by atoms with Crippen molar-refractivity contribution >= 4 is 0 Å². The van der Waals surface area contributed by atoms with Crippen LogP contribution in [-0.2, 0) is 0 Å². The van der Waals surface area contributed by atoms with Crippen LogP contribution in [0.3, 0.4) is 0 Å². The molecule has 0 amide bonds. The van der Waals surface area contributed by atoms with E-state index in [1.54, 1.807) is 0 Å². The van der Waals surface area contributed by atoms with E-state index in [-0.39, 0.29) is 6.04 Å². The van der Waals surface area contributed by atoms with Crippen LogP contribution in [0.25, 0.3) is 10.4 Å². The molecule has 0 radical (unpaired) electrons. The van der Waals surface area contributed by atoms with Crippen LogP contribution in [0.2, 0.25) is 0 Å². The summed E-state index contributed by atoms with van der Waals surface area (Å²) in [6, 6.07) is 0.985. The van der Waals surface area contributed by atoms with Crippen LogP contribution >= 0.6 is 0 Å². The Bertz CT molecular complexity index is 300. The molecule has 1 saturated carbocycles. The fraction of sp³-hybridized carbons (Fsp3) is 1.00. The largest absolute Gasteiger partial charge is 0.299 e. The van der Waals surface area contributed by atoms with Crippen LogP contribution in [0.1, 0.15) is 46.5 Å². The van der Waals surface area contributed by atoms with E-state index in [4.69, 9.17) is 5.53 Å². The third-order valence-electron chi connectivity index (χ3n) is 4.54. The molecule has 17 heavy (non-hydrogen) atoms. The lowest BCUT2D eigenvalue weighted by atomic mass is 9.71. The Kier molecular flexibility index (Phi) is 3.64. The zero-order valence-corrected chi connectivity index (χ0v) is 11.3. The first kappa shape index (κ1) is 12.7. The van der Waals surface area contributed by atoms with Gasteiger partial charge in [0, 0.05) is 24.0 Å². The summed E-state index contributed by atoms with van der Waals surface area (Å²) < 4.78 is 0. The first-order chi connectivity index (χ1) is 8.00. The Morgan fingerprint density at radius 1 is 1.12 bits per heavy atom. The second-order valence-electron chi connectivity index (χ2n) is 6.68.